The molecule has 4 nitrogen and oxygen atoms in total. The van der Waals surface area contributed by atoms with E-state index in [9.17, 15) is 9.50 Å². The Morgan fingerprint density at radius 2 is 1.64 bits per heavy atom. The number of aromatic nitrogens is 2. The molecule has 5 heteroatoms. The molecule has 142 valence electrons. The van der Waals surface area contributed by atoms with Gasteiger partial charge in [0.05, 0.1) is 25.4 Å². The highest BCUT2D eigenvalue weighted by molar-refractivity contribution is 5.86. The van der Waals surface area contributed by atoms with Crippen LogP contribution in [-0.2, 0) is 6.54 Å². The molecule has 0 aliphatic heterocycles. The third-order valence-corrected chi connectivity index (χ3v) is 4.88. The maximum atomic E-state index is 12.9. The van der Waals surface area contributed by atoms with Crippen LogP contribution in [0.5, 0.6) is 5.75 Å². The van der Waals surface area contributed by atoms with Gasteiger partial charge in [-0.25, -0.2) is 4.39 Å². The summed E-state index contributed by atoms with van der Waals surface area (Å²) < 4.78 is 20.1. The minimum atomic E-state index is -1.05. The monoisotopic (exact) mass is 376 g/mol. The van der Waals surface area contributed by atoms with Crippen LogP contribution in [0, 0.1) is 0 Å². The van der Waals surface area contributed by atoms with Crippen LogP contribution in [0.3, 0.4) is 0 Å². The molecule has 2 aromatic carbocycles. The summed E-state index contributed by atoms with van der Waals surface area (Å²) in [6, 6.07) is 20.1. The van der Waals surface area contributed by atoms with Crippen molar-refractivity contribution in [3.05, 3.63) is 73.1 Å². The number of hydrogen-bond acceptors (Lipinski definition) is 3. The second kappa shape index (κ2) is 7.82. The average Bonchev–Trinajstić information content (AvgIpc) is 3.12. The molecule has 0 bridgehead atoms. The minimum absolute atomic E-state index is 0.182. The van der Waals surface area contributed by atoms with E-state index in [4.69, 9.17) is 4.74 Å². The number of halogens is 1. The number of rotatable bonds is 6. The van der Waals surface area contributed by atoms with Crippen molar-refractivity contribution in [1.82, 2.24) is 9.55 Å². The molecule has 4 rings (SSSR count). The topological polar surface area (TPSA) is 47.3 Å². The normalized spacial score (nSPS) is 12.2. The molecule has 0 amide bonds. The van der Waals surface area contributed by atoms with E-state index in [2.05, 4.69) is 17.1 Å². The van der Waals surface area contributed by atoms with E-state index in [-0.39, 0.29) is 6.54 Å². The van der Waals surface area contributed by atoms with E-state index in [1.807, 2.05) is 53.1 Å². The molecule has 0 spiro atoms. The molecule has 2 aromatic heterocycles. The van der Waals surface area contributed by atoms with Crippen molar-refractivity contribution in [1.29, 1.82) is 0 Å². The van der Waals surface area contributed by atoms with Crippen molar-refractivity contribution in [2.75, 3.05) is 13.8 Å². The van der Waals surface area contributed by atoms with Gasteiger partial charge in [-0.1, -0.05) is 36.4 Å². The van der Waals surface area contributed by atoms with Gasteiger partial charge in [-0.2, -0.15) is 0 Å². The van der Waals surface area contributed by atoms with E-state index >= 15 is 0 Å². The molecular formula is C23H21FN2O2. The molecule has 1 N–H and O–H groups in total. The third-order valence-electron chi connectivity index (χ3n) is 4.88. The highest BCUT2D eigenvalue weighted by Gasteiger charge is 2.14. The van der Waals surface area contributed by atoms with Crippen molar-refractivity contribution < 1.29 is 14.2 Å². The van der Waals surface area contributed by atoms with Crippen LogP contribution in [0.2, 0.25) is 0 Å². The first-order chi connectivity index (χ1) is 13.7. The second-order valence-corrected chi connectivity index (χ2v) is 6.69. The third kappa shape index (κ3) is 3.49. The van der Waals surface area contributed by atoms with Gasteiger partial charge in [0.1, 0.15) is 18.5 Å². The first-order valence-electron chi connectivity index (χ1n) is 9.11. The molecule has 28 heavy (non-hydrogen) atoms. The van der Waals surface area contributed by atoms with Crippen molar-refractivity contribution in [2.45, 2.75) is 12.6 Å². The van der Waals surface area contributed by atoms with E-state index in [0.29, 0.717) is 0 Å². The second-order valence-electron chi connectivity index (χ2n) is 6.69. The molecule has 0 radical (unpaired) electrons. The lowest BCUT2D eigenvalue weighted by Crippen LogP contribution is -2.18. The zero-order chi connectivity index (χ0) is 19.5. The zero-order valence-corrected chi connectivity index (χ0v) is 15.5. The van der Waals surface area contributed by atoms with Gasteiger partial charge in [0.2, 0.25) is 0 Å². The smallest absolute Gasteiger partial charge is 0.118 e. The van der Waals surface area contributed by atoms with Gasteiger partial charge in [-0.05, 0) is 41.0 Å². The van der Waals surface area contributed by atoms with Crippen LogP contribution in [-0.4, -0.2) is 34.5 Å². The molecule has 0 fully saturated rings. The zero-order valence-electron chi connectivity index (χ0n) is 15.5. The Bertz CT molecular complexity index is 1070. The van der Waals surface area contributed by atoms with Crippen LogP contribution < -0.4 is 4.74 Å². The summed E-state index contributed by atoms with van der Waals surface area (Å²) in [6.45, 7) is -0.600. The molecule has 1 atom stereocenters. The van der Waals surface area contributed by atoms with E-state index in [1.165, 1.54) is 0 Å². The molecule has 2 heterocycles. The summed E-state index contributed by atoms with van der Waals surface area (Å²) in [5, 5.41) is 10.9. The van der Waals surface area contributed by atoms with Crippen LogP contribution >= 0.6 is 0 Å². The Hall–Kier alpha value is -3.18. The van der Waals surface area contributed by atoms with E-state index < -0.39 is 12.8 Å². The van der Waals surface area contributed by atoms with Crippen LogP contribution in [0.25, 0.3) is 33.3 Å². The average molecular weight is 376 g/mol. The Morgan fingerprint density at radius 3 is 2.29 bits per heavy atom. The lowest BCUT2D eigenvalue weighted by molar-refractivity contribution is 0.124. The standard InChI is InChI=1S/C23H21FN2O2/c1-28-21-8-6-17(7-9-21)16-2-4-18(5-3-16)22-12-19-10-11-25-14-23(19)26(22)15-20(27)13-24/h2-12,14,20,27H,13,15H2,1H3. The largest absolute Gasteiger partial charge is 0.497 e. The number of methoxy groups -OCH3 is 1. The fraction of sp³-hybridized carbons (Fsp3) is 0.174. The summed E-state index contributed by atoms with van der Waals surface area (Å²) in [5.74, 6) is 0.824. The van der Waals surface area contributed by atoms with Gasteiger partial charge < -0.3 is 14.4 Å². The highest BCUT2D eigenvalue weighted by atomic mass is 19.1. The van der Waals surface area contributed by atoms with E-state index in [1.54, 1.807) is 19.5 Å². The minimum Gasteiger partial charge on any atom is -0.497 e. The summed E-state index contributed by atoms with van der Waals surface area (Å²) >= 11 is 0. The molecule has 0 aliphatic carbocycles. The first-order valence-corrected chi connectivity index (χ1v) is 9.11. The molecule has 0 aliphatic rings. The Kier molecular flexibility index (Phi) is 5.08. The van der Waals surface area contributed by atoms with Gasteiger partial charge in [-0.3, -0.25) is 4.98 Å². The van der Waals surface area contributed by atoms with Crippen LogP contribution in [0.4, 0.5) is 4.39 Å². The fourth-order valence-corrected chi connectivity index (χ4v) is 3.41. The number of aliphatic hydroxyl groups excluding tert-OH is 1. The van der Waals surface area contributed by atoms with E-state index in [0.717, 1.165) is 39.0 Å². The fourth-order valence-electron chi connectivity index (χ4n) is 3.41. The van der Waals surface area contributed by atoms with Crippen molar-refractivity contribution in [3.63, 3.8) is 0 Å². The molecule has 0 saturated carbocycles. The van der Waals surface area contributed by atoms with Crippen molar-refractivity contribution >= 4 is 10.9 Å². The predicted molar refractivity (Wildman–Crippen MR) is 109 cm³/mol. The first kappa shape index (κ1) is 18.2. The summed E-state index contributed by atoms with van der Waals surface area (Å²) in [5.41, 5.74) is 5.00. The molecular weight excluding hydrogens is 355 g/mol. The number of aliphatic hydroxyl groups is 1. The molecule has 0 saturated heterocycles. The number of nitrogens with zero attached hydrogens (tertiary/aromatic N) is 2. The number of hydrogen-bond donors (Lipinski definition) is 1. The highest BCUT2D eigenvalue weighted by Crippen LogP contribution is 2.30. The Labute approximate surface area is 162 Å². The number of fused-ring (bicyclic) bond motifs is 1. The Balaban J connectivity index is 1.72. The quantitative estimate of drug-likeness (QED) is 0.530. The summed E-state index contributed by atoms with van der Waals surface area (Å²) in [6.07, 6.45) is 2.43. The van der Waals surface area contributed by atoms with Gasteiger partial charge in [0, 0.05) is 17.3 Å². The summed E-state index contributed by atoms with van der Waals surface area (Å²) in [4.78, 5) is 4.18. The SMILES string of the molecule is COc1ccc(-c2ccc(-c3cc4ccncc4n3CC(O)CF)cc2)cc1. The van der Waals surface area contributed by atoms with Gasteiger partial charge in [-0.15, -0.1) is 0 Å². The number of benzene rings is 2. The molecule has 4 aromatic rings. The lowest BCUT2D eigenvalue weighted by atomic mass is 10.0. The summed E-state index contributed by atoms with van der Waals surface area (Å²) in [7, 11) is 1.65. The predicted octanol–water partition coefficient (Wildman–Crippen LogP) is 4.71. The number of alkyl halides is 1. The Morgan fingerprint density at radius 1 is 1.00 bits per heavy atom. The van der Waals surface area contributed by atoms with Gasteiger partial charge in [0.15, 0.2) is 0 Å². The number of ether oxygens (including phenoxy) is 1. The van der Waals surface area contributed by atoms with Crippen LogP contribution in [0.1, 0.15) is 0 Å². The lowest BCUT2D eigenvalue weighted by Gasteiger charge is -2.14. The van der Waals surface area contributed by atoms with Gasteiger partial charge in [0.25, 0.3) is 0 Å². The van der Waals surface area contributed by atoms with Crippen molar-refractivity contribution in [2.24, 2.45) is 0 Å². The van der Waals surface area contributed by atoms with Crippen molar-refractivity contribution in [3.8, 4) is 28.1 Å². The van der Waals surface area contributed by atoms with Gasteiger partial charge >= 0.3 is 0 Å². The molecule has 1 unspecified atom stereocenters. The van der Waals surface area contributed by atoms with Crippen LogP contribution in [0.15, 0.2) is 73.1 Å². The number of pyridine rings is 1. The maximum Gasteiger partial charge on any atom is 0.118 e. The maximum absolute atomic E-state index is 12.9.